The molecule has 0 bridgehead atoms. The standard InChI is InChI=1S/C9H15N3O2/c1-12-5-3-2-4-7(12)6-8-10-9(13)11-14-8/h7H,2-6H2,1H3,(H,11,13). The lowest BCUT2D eigenvalue weighted by atomic mass is 10.0. The molecule has 0 aliphatic carbocycles. The van der Waals surface area contributed by atoms with Gasteiger partial charge in [-0.1, -0.05) is 6.42 Å². The van der Waals surface area contributed by atoms with Gasteiger partial charge in [-0.3, -0.25) is 0 Å². The van der Waals surface area contributed by atoms with Gasteiger partial charge in [0.15, 0.2) is 0 Å². The summed E-state index contributed by atoms with van der Waals surface area (Å²) in [5.41, 5.74) is -0.390. The number of piperidine rings is 1. The highest BCUT2D eigenvalue weighted by molar-refractivity contribution is 4.85. The molecule has 2 rings (SSSR count). The highest BCUT2D eigenvalue weighted by Gasteiger charge is 2.21. The molecule has 5 heteroatoms. The van der Waals surface area contributed by atoms with Crippen molar-refractivity contribution in [2.24, 2.45) is 0 Å². The van der Waals surface area contributed by atoms with Gasteiger partial charge in [0.2, 0.25) is 5.89 Å². The Kier molecular flexibility index (Phi) is 2.67. The van der Waals surface area contributed by atoms with Crippen LogP contribution in [0, 0.1) is 0 Å². The number of rotatable bonds is 2. The van der Waals surface area contributed by atoms with Crippen LogP contribution < -0.4 is 5.69 Å². The minimum absolute atomic E-state index is 0.390. The first-order chi connectivity index (χ1) is 6.75. The Labute approximate surface area is 82.1 Å². The van der Waals surface area contributed by atoms with Gasteiger partial charge in [0.05, 0.1) is 0 Å². The van der Waals surface area contributed by atoms with E-state index in [1.165, 1.54) is 12.8 Å². The van der Waals surface area contributed by atoms with Crippen LogP contribution in [0.2, 0.25) is 0 Å². The van der Waals surface area contributed by atoms with Gasteiger partial charge in [-0.05, 0) is 26.4 Å². The van der Waals surface area contributed by atoms with Crippen LogP contribution in [0.1, 0.15) is 25.2 Å². The van der Waals surface area contributed by atoms with Gasteiger partial charge in [0.1, 0.15) is 0 Å². The SMILES string of the molecule is CN1CCCCC1Cc1nc(=O)[nH]o1. The van der Waals surface area contributed by atoms with Crippen LogP contribution in [0.3, 0.4) is 0 Å². The smallest absolute Gasteiger partial charge is 0.362 e. The number of hydrogen-bond acceptors (Lipinski definition) is 4. The molecule has 0 spiro atoms. The van der Waals surface area contributed by atoms with Gasteiger partial charge < -0.3 is 9.42 Å². The lowest BCUT2D eigenvalue weighted by Crippen LogP contribution is -2.37. The normalized spacial score (nSPS) is 23.9. The molecule has 1 saturated heterocycles. The minimum Gasteiger partial charge on any atom is -0.362 e. The molecule has 1 aromatic rings. The zero-order chi connectivity index (χ0) is 9.97. The van der Waals surface area contributed by atoms with E-state index >= 15 is 0 Å². The first-order valence-electron chi connectivity index (χ1n) is 5.00. The lowest BCUT2D eigenvalue weighted by molar-refractivity contribution is 0.173. The van der Waals surface area contributed by atoms with E-state index in [2.05, 4.69) is 22.1 Å². The van der Waals surface area contributed by atoms with Gasteiger partial charge in [-0.25, -0.2) is 4.79 Å². The molecule has 1 fully saturated rings. The Balaban J connectivity index is 1.99. The fourth-order valence-electron chi connectivity index (χ4n) is 1.95. The topological polar surface area (TPSA) is 62.1 Å². The molecule has 1 unspecified atom stereocenters. The zero-order valence-electron chi connectivity index (χ0n) is 8.32. The van der Waals surface area contributed by atoms with Gasteiger partial charge in [0, 0.05) is 12.5 Å². The summed E-state index contributed by atoms with van der Waals surface area (Å²) in [6.07, 6.45) is 4.41. The molecule has 1 aliphatic heterocycles. The fourth-order valence-corrected chi connectivity index (χ4v) is 1.95. The second kappa shape index (κ2) is 3.96. The van der Waals surface area contributed by atoms with Crippen LogP contribution >= 0.6 is 0 Å². The molecule has 1 N–H and O–H groups in total. The summed E-state index contributed by atoms with van der Waals surface area (Å²) in [5.74, 6) is 0.522. The van der Waals surface area contributed by atoms with E-state index in [0.29, 0.717) is 11.9 Å². The number of H-pyrrole nitrogens is 1. The average molecular weight is 197 g/mol. The molecule has 2 heterocycles. The summed E-state index contributed by atoms with van der Waals surface area (Å²) in [4.78, 5) is 16.8. The number of aromatic amines is 1. The number of likely N-dealkylation sites (tertiary alicyclic amines) is 1. The third kappa shape index (κ3) is 2.04. The predicted molar refractivity (Wildman–Crippen MR) is 51.1 cm³/mol. The number of nitrogens with one attached hydrogen (secondary N) is 1. The van der Waals surface area contributed by atoms with Crippen LogP contribution in [-0.4, -0.2) is 34.7 Å². The Morgan fingerprint density at radius 1 is 1.64 bits per heavy atom. The maximum absolute atomic E-state index is 10.7. The third-order valence-corrected chi connectivity index (χ3v) is 2.81. The van der Waals surface area contributed by atoms with Gasteiger partial charge in [-0.2, -0.15) is 10.1 Å². The highest BCUT2D eigenvalue weighted by Crippen LogP contribution is 2.17. The maximum atomic E-state index is 10.7. The second-order valence-corrected chi connectivity index (χ2v) is 3.85. The molecule has 78 valence electrons. The lowest BCUT2D eigenvalue weighted by Gasteiger charge is -2.31. The Hall–Kier alpha value is -1.10. The largest absolute Gasteiger partial charge is 0.377 e. The van der Waals surface area contributed by atoms with Crippen LogP contribution in [0.4, 0.5) is 0 Å². The highest BCUT2D eigenvalue weighted by atomic mass is 16.5. The monoisotopic (exact) mass is 197 g/mol. The van der Waals surface area contributed by atoms with E-state index in [9.17, 15) is 4.79 Å². The number of hydrogen-bond donors (Lipinski definition) is 1. The molecule has 1 aromatic heterocycles. The second-order valence-electron chi connectivity index (χ2n) is 3.85. The first-order valence-corrected chi connectivity index (χ1v) is 5.00. The molecule has 14 heavy (non-hydrogen) atoms. The van der Waals surface area contributed by atoms with Crippen molar-refractivity contribution in [1.82, 2.24) is 15.0 Å². The van der Waals surface area contributed by atoms with Crippen molar-refractivity contribution in [3.8, 4) is 0 Å². The van der Waals surface area contributed by atoms with E-state index < -0.39 is 5.69 Å². The van der Waals surface area contributed by atoms with Crippen molar-refractivity contribution in [2.45, 2.75) is 31.7 Å². The first kappa shape index (κ1) is 9.45. The van der Waals surface area contributed by atoms with Crippen molar-refractivity contribution >= 4 is 0 Å². The third-order valence-electron chi connectivity index (χ3n) is 2.81. The Bertz CT molecular complexity index is 344. The van der Waals surface area contributed by atoms with Gasteiger partial charge >= 0.3 is 5.69 Å². The summed E-state index contributed by atoms with van der Waals surface area (Å²) in [6, 6.07) is 0.468. The zero-order valence-corrected chi connectivity index (χ0v) is 8.32. The number of nitrogens with zero attached hydrogens (tertiary/aromatic N) is 2. The molecule has 0 amide bonds. The van der Waals surface area contributed by atoms with Crippen LogP contribution in [0.5, 0.6) is 0 Å². The van der Waals surface area contributed by atoms with Gasteiger partial charge in [-0.15, -0.1) is 0 Å². The van der Waals surface area contributed by atoms with Crippen LogP contribution in [0.15, 0.2) is 9.32 Å². The molecule has 0 radical (unpaired) electrons. The Morgan fingerprint density at radius 2 is 2.50 bits per heavy atom. The average Bonchev–Trinajstić information content (AvgIpc) is 2.56. The van der Waals surface area contributed by atoms with E-state index in [1.807, 2.05) is 0 Å². The molecule has 5 nitrogen and oxygen atoms in total. The fraction of sp³-hybridized carbons (Fsp3) is 0.778. The molecule has 0 saturated carbocycles. The van der Waals surface area contributed by atoms with Crippen LogP contribution in [-0.2, 0) is 6.42 Å². The number of likely N-dealkylation sites (N-methyl/N-ethyl adjacent to an activating group) is 1. The summed E-state index contributed by atoms with van der Waals surface area (Å²) >= 11 is 0. The summed E-state index contributed by atoms with van der Waals surface area (Å²) in [5, 5.41) is 2.21. The van der Waals surface area contributed by atoms with Gasteiger partial charge in [0.25, 0.3) is 0 Å². The molecular formula is C9H15N3O2. The van der Waals surface area contributed by atoms with E-state index in [0.717, 1.165) is 19.4 Å². The van der Waals surface area contributed by atoms with Crippen LogP contribution in [0.25, 0.3) is 0 Å². The van der Waals surface area contributed by atoms with E-state index in [4.69, 9.17) is 4.52 Å². The summed E-state index contributed by atoms with van der Waals surface area (Å²) in [6.45, 7) is 1.12. The van der Waals surface area contributed by atoms with Crippen molar-refractivity contribution in [3.63, 3.8) is 0 Å². The van der Waals surface area contributed by atoms with Crippen molar-refractivity contribution < 1.29 is 4.52 Å². The van der Waals surface area contributed by atoms with Crippen molar-refractivity contribution in [2.75, 3.05) is 13.6 Å². The van der Waals surface area contributed by atoms with Crippen molar-refractivity contribution in [1.29, 1.82) is 0 Å². The van der Waals surface area contributed by atoms with E-state index in [1.54, 1.807) is 0 Å². The van der Waals surface area contributed by atoms with Crippen molar-refractivity contribution in [3.05, 3.63) is 16.4 Å². The molecule has 1 aliphatic rings. The summed E-state index contributed by atoms with van der Waals surface area (Å²) < 4.78 is 4.94. The quantitative estimate of drug-likeness (QED) is 0.745. The maximum Gasteiger partial charge on any atom is 0.377 e. The molecule has 0 aromatic carbocycles. The van der Waals surface area contributed by atoms with E-state index in [-0.39, 0.29) is 0 Å². The summed E-state index contributed by atoms with van der Waals surface area (Å²) in [7, 11) is 2.11. The minimum atomic E-state index is -0.390. The molecular weight excluding hydrogens is 182 g/mol. The Morgan fingerprint density at radius 3 is 3.14 bits per heavy atom. The predicted octanol–water partition coefficient (Wildman–Crippen LogP) is 0.390. The number of aromatic nitrogens is 2. The molecule has 1 atom stereocenters.